The minimum Gasteiger partial charge on any atom is -0.457 e. The van der Waals surface area contributed by atoms with E-state index < -0.39 is 6.04 Å². The van der Waals surface area contributed by atoms with Gasteiger partial charge in [-0.1, -0.05) is 49.6 Å². The number of rotatable bonds is 13. The summed E-state index contributed by atoms with van der Waals surface area (Å²) in [4.78, 5) is 28.3. The van der Waals surface area contributed by atoms with Gasteiger partial charge in [0.2, 0.25) is 11.8 Å². The molecule has 2 fully saturated rings. The van der Waals surface area contributed by atoms with Gasteiger partial charge in [0.05, 0.1) is 12.6 Å². The minimum atomic E-state index is -0.599. The van der Waals surface area contributed by atoms with Gasteiger partial charge in [-0.15, -0.1) is 11.8 Å². The summed E-state index contributed by atoms with van der Waals surface area (Å²) in [6, 6.07) is 16.4. The van der Waals surface area contributed by atoms with Crippen LogP contribution >= 0.6 is 23.5 Å². The molecule has 0 aromatic heterocycles. The molecule has 206 valence electrons. The third-order valence-electron chi connectivity index (χ3n) is 7.03. The highest BCUT2D eigenvalue weighted by molar-refractivity contribution is 7.99. The van der Waals surface area contributed by atoms with Crippen molar-refractivity contribution in [1.29, 1.82) is 0 Å². The number of aliphatic hydroxyl groups excluding tert-OH is 1. The fourth-order valence-electron chi connectivity index (χ4n) is 4.84. The van der Waals surface area contributed by atoms with Crippen LogP contribution < -0.4 is 15.4 Å². The summed E-state index contributed by atoms with van der Waals surface area (Å²) in [7, 11) is 0. The Kier molecular flexibility index (Phi) is 11.7. The lowest BCUT2D eigenvalue weighted by molar-refractivity contribution is -0.130. The minimum absolute atomic E-state index is 0.0146. The molecule has 7 nitrogen and oxygen atoms in total. The predicted molar refractivity (Wildman–Crippen MR) is 156 cm³/mol. The number of hydrogen-bond acceptors (Lipinski definition) is 7. The number of aliphatic hydroxyl groups is 1. The van der Waals surface area contributed by atoms with Gasteiger partial charge in [0, 0.05) is 30.5 Å². The van der Waals surface area contributed by atoms with Gasteiger partial charge in [-0.3, -0.25) is 14.5 Å². The van der Waals surface area contributed by atoms with Crippen LogP contribution in [0.3, 0.4) is 0 Å². The van der Waals surface area contributed by atoms with Gasteiger partial charge in [-0.05, 0) is 54.3 Å². The number of thioether (sulfide) groups is 2. The van der Waals surface area contributed by atoms with Crippen molar-refractivity contribution in [3.63, 3.8) is 0 Å². The Morgan fingerprint density at radius 1 is 1.05 bits per heavy atom. The summed E-state index contributed by atoms with van der Waals surface area (Å²) < 4.78 is 5.85. The van der Waals surface area contributed by atoms with Crippen LogP contribution in [-0.2, 0) is 16.1 Å². The fourth-order valence-corrected chi connectivity index (χ4v) is 7.34. The molecule has 1 aliphatic heterocycles. The molecule has 2 aromatic carbocycles. The van der Waals surface area contributed by atoms with Crippen LogP contribution in [-0.4, -0.2) is 70.2 Å². The quantitative estimate of drug-likeness (QED) is 0.339. The number of nitrogens with one attached hydrogen (secondary N) is 2. The molecule has 2 aliphatic rings. The molecule has 0 spiro atoms. The SMILES string of the molecule is O=C(NCc1ccc(Oc2ccccc2)cc1)[C@H](CSCC1CCCCC1)NC(=O)[C@@H]1CSCN1CCO. The Bertz CT molecular complexity index is 1000. The first-order valence-corrected chi connectivity index (χ1v) is 15.8. The Balaban J connectivity index is 1.31. The van der Waals surface area contributed by atoms with Gasteiger partial charge >= 0.3 is 0 Å². The van der Waals surface area contributed by atoms with Gasteiger partial charge in [0.1, 0.15) is 17.5 Å². The molecule has 1 aliphatic carbocycles. The molecule has 1 saturated heterocycles. The van der Waals surface area contributed by atoms with Crippen molar-refractivity contribution in [2.24, 2.45) is 5.92 Å². The zero-order valence-electron chi connectivity index (χ0n) is 21.8. The van der Waals surface area contributed by atoms with Crippen LogP contribution in [0.4, 0.5) is 0 Å². The summed E-state index contributed by atoms with van der Waals surface area (Å²) in [5.41, 5.74) is 0.958. The van der Waals surface area contributed by atoms with Crippen LogP contribution in [0.25, 0.3) is 0 Å². The van der Waals surface area contributed by atoms with Gasteiger partial charge in [0.15, 0.2) is 0 Å². The molecule has 2 atom stereocenters. The number of para-hydroxylation sites is 1. The van der Waals surface area contributed by atoms with Crippen molar-refractivity contribution in [2.45, 2.75) is 50.7 Å². The van der Waals surface area contributed by atoms with E-state index in [1.54, 1.807) is 23.5 Å². The van der Waals surface area contributed by atoms with E-state index in [4.69, 9.17) is 4.74 Å². The Labute approximate surface area is 234 Å². The lowest BCUT2D eigenvalue weighted by Gasteiger charge is -2.26. The molecule has 2 aromatic rings. The largest absolute Gasteiger partial charge is 0.457 e. The molecule has 2 amide bonds. The molecule has 1 saturated carbocycles. The zero-order chi connectivity index (χ0) is 26.6. The maximum absolute atomic E-state index is 13.2. The maximum atomic E-state index is 13.2. The molecule has 38 heavy (non-hydrogen) atoms. The second-order valence-electron chi connectivity index (χ2n) is 9.93. The summed E-state index contributed by atoms with van der Waals surface area (Å²) in [6.45, 7) is 0.850. The molecular weight excluding hydrogens is 518 g/mol. The average Bonchev–Trinajstić information content (AvgIpc) is 3.42. The number of nitrogens with zero attached hydrogens (tertiary/aromatic N) is 1. The lowest BCUT2D eigenvalue weighted by Crippen LogP contribution is -2.54. The summed E-state index contributed by atoms with van der Waals surface area (Å²) >= 11 is 3.44. The molecule has 4 rings (SSSR count). The van der Waals surface area contributed by atoms with E-state index in [1.165, 1.54) is 32.1 Å². The van der Waals surface area contributed by atoms with E-state index in [0.717, 1.165) is 28.7 Å². The normalized spacial score (nSPS) is 19.1. The van der Waals surface area contributed by atoms with Crippen molar-refractivity contribution in [3.05, 3.63) is 60.2 Å². The van der Waals surface area contributed by atoms with Crippen molar-refractivity contribution in [1.82, 2.24) is 15.5 Å². The standard InChI is InChI=1S/C29H39N3O4S2/c33-16-15-32-21-38-20-27(32)29(35)31-26(19-37-18-23-7-3-1-4-8-23)28(34)30-17-22-11-13-25(14-12-22)36-24-9-5-2-6-10-24/h2,5-6,9-14,23,26-27,33H,1,3-4,7-8,15-21H2,(H,30,34)(H,31,35)/t26-,27-/m0/s1. The summed E-state index contributed by atoms with van der Waals surface area (Å²) in [5, 5.41) is 15.4. The highest BCUT2D eigenvalue weighted by Crippen LogP contribution is 2.27. The number of carbonyl (C=O) groups is 2. The Morgan fingerprint density at radius 2 is 1.79 bits per heavy atom. The topological polar surface area (TPSA) is 90.9 Å². The van der Waals surface area contributed by atoms with E-state index in [1.807, 2.05) is 59.5 Å². The number of β-amino-alcohol motifs (C(OH)–C–C–N with tert-alkyl or cyclic N) is 1. The van der Waals surface area contributed by atoms with E-state index in [0.29, 0.717) is 30.5 Å². The van der Waals surface area contributed by atoms with E-state index in [2.05, 4.69) is 10.6 Å². The van der Waals surface area contributed by atoms with Gasteiger partial charge in [-0.25, -0.2) is 0 Å². The molecule has 1 heterocycles. The number of ether oxygens (including phenoxy) is 1. The number of amides is 2. The van der Waals surface area contributed by atoms with Crippen LogP contribution in [0.15, 0.2) is 54.6 Å². The van der Waals surface area contributed by atoms with Crippen molar-refractivity contribution < 1.29 is 19.4 Å². The van der Waals surface area contributed by atoms with Crippen LogP contribution in [0.1, 0.15) is 37.7 Å². The zero-order valence-corrected chi connectivity index (χ0v) is 23.5. The predicted octanol–water partition coefficient (Wildman–Crippen LogP) is 4.26. The van der Waals surface area contributed by atoms with Gasteiger partial charge in [-0.2, -0.15) is 11.8 Å². The highest BCUT2D eigenvalue weighted by atomic mass is 32.2. The first-order valence-electron chi connectivity index (χ1n) is 13.5. The third kappa shape index (κ3) is 8.93. The highest BCUT2D eigenvalue weighted by Gasteiger charge is 2.33. The molecular formula is C29H39N3O4S2. The first kappa shape index (κ1) is 28.8. The summed E-state index contributed by atoms with van der Waals surface area (Å²) in [6.07, 6.45) is 6.43. The molecule has 3 N–H and O–H groups in total. The number of carbonyl (C=O) groups excluding carboxylic acids is 2. The van der Waals surface area contributed by atoms with Crippen molar-refractivity contribution in [3.8, 4) is 11.5 Å². The summed E-state index contributed by atoms with van der Waals surface area (Å²) in [5.74, 6) is 4.88. The second kappa shape index (κ2) is 15.4. The molecule has 0 unspecified atom stereocenters. The number of benzene rings is 2. The molecule has 9 heteroatoms. The smallest absolute Gasteiger partial charge is 0.243 e. The molecule has 0 radical (unpaired) electrons. The van der Waals surface area contributed by atoms with E-state index >= 15 is 0 Å². The average molecular weight is 558 g/mol. The fraction of sp³-hybridized carbons (Fsp3) is 0.517. The lowest BCUT2D eigenvalue weighted by atomic mass is 9.91. The van der Waals surface area contributed by atoms with E-state index in [9.17, 15) is 14.7 Å². The second-order valence-corrected chi connectivity index (χ2v) is 12.0. The Morgan fingerprint density at radius 3 is 2.53 bits per heavy atom. The third-order valence-corrected chi connectivity index (χ3v) is 9.37. The van der Waals surface area contributed by atoms with Crippen LogP contribution in [0.2, 0.25) is 0 Å². The number of hydrogen-bond donors (Lipinski definition) is 3. The van der Waals surface area contributed by atoms with Crippen molar-refractivity contribution >= 4 is 35.3 Å². The van der Waals surface area contributed by atoms with Crippen LogP contribution in [0.5, 0.6) is 11.5 Å². The maximum Gasteiger partial charge on any atom is 0.243 e. The monoisotopic (exact) mass is 557 g/mol. The van der Waals surface area contributed by atoms with Crippen LogP contribution in [0, 0.1) is 5.92 Å². The molecule has 0 bridgehead atoms. The van der Waals surface area contributed by atoms with Crippen molar-refractivity contribution in [2.75, 3.05) is 36.3 Å². The van der Waals surface area contributed by atoms with Gasteiger partial charge in [0.25, 0.3) is 0 Å². The van der Waals surface area contributed by atoms with Gasteiger partial charge < -0.3 is 20.5 Å². The van der Waals surface area contributed by atoms with E-state index in [-0.39, 0.29) is 24.5 Å². The Hall–Kier alpha value is -2.20. The first-order chi connectivity index (χ1) is 18.6.